The van der Waals surface area contributed by atoms with Crippen molar-refractivity contribution in [3.63, 3.8) is 0 Å². The number of carbonyl (C=O) groups excluding carboxylic acids is 3. The van der Waals surface area contributed by atoms with E-state index in [2.05, 4.69) is 26.7 Å². The van der Waals surface area contributed by atoms with Gasteiger partial charge in [-0.3, -0.25) is 15.0 Å². The van der Waals surface area contributed by atoms with Gasteiger partial charge in [0.1, 0.15) is 5.54 Å². The summed E-state index contributed by atoms with van der Waals surface area (Å²) in [5.41, 5.74) is 2.24. The summed E-state index contributed by atoms with van der Waals surface area (Å²) < 4.78 is 0.827. The van der Waals surface area contributed by atoms with Gasteiger partial charge in [0.2, 0.25) is 0 Å². The van der Waals surface area contributed by atoms with Crippen molar-refractivity contribution in [1.29, 1.82) is 0 Å². The fourth-order valence-electron chi connectivity index (χ4n) is 2.81. The fraction of sp³-hybridized carbons (Fsp3) is 0.167. The van der Waals surface area contributed by atoms with Crippen molar-refractivity contribution in [2.24, 2.45) is 0 Å². The summed E-state index contributed by atoms with van der Waals surface area (Å²) in [7, 11) is 0. The SMILES string of the molecule is CC[C@@]1(c2ccccc2)NC(=O)N(NC(=O)c2ccc(Br)cc2)C1=O. The number of imide groups is 1. The number of nitrogens with one attached hydrogen (secondary N) is 2. The molecule has 0 radical (unpaired) electrons. The third-order valence-electron chi connectivity index (χ3n) is 4.21. The smallest absolute Gasteiger partial charge is 0.318 e. The maximum Gasteiger partial charge on any atom is 0.344 e. The molecule has 25 heavy (non-hydrogen) atoms. The van der Waals surface area contributed by atoms with Crippen LogP contribution in [-0.4, -0.2) is 22.9 Å². The highest BCUT2D eigenvalue weighted by atomic mass is 79.9. The van der Waals surface area contributed by atoms with Crippen molar-refractivity contribution in [1.82, 2.24) is 15.8 Å². The van der Waals surface area contributed by atoms with Crippen LogP contribution in [0.25, 0.3) is 0 Å². The van der Waals surface area contributed by atoms with Crippen LogP contribution >= 0.6 is 15.9 Å². The zero-order chi connectivity index (χ0) is 18.0. The van der Waals surface area contributed by atoms with E-state index in [4.69, 9.17) is 0 Å². The molecule has 1 aliphatic rings. The van der Waals surface area contributed by atoms with E-state index in [9.17, 15) is 14.4 Å². The molecule has 1 heterocycles. The number of rotatable bonds is 4. The van der Waals surface area contributed by atoms with Crippen molar-refractivity contribution >= 4 is 33.8 Å². The summed E-state index contributed by atoms with van der Waals surface area (Å²) in [4.78, 5) is 37.6. The Hall–Kier alpha value is -2.67. The average molecular weight is 402 g/mol. The van der Waals surface area contributed by atoms with Gasteiger partial charge in [-0.15, -0.1) is 0 Å². The number of hydrogen-bond acceptors (Lipinski definition) is 3. The second kappa shape index (κ2) is 6.68. The summed E-state index contributed by atoms with van der Waals surface area (Å²) in [6, 6.07) is 15.0. The molecular weight excluding hydrogens is 386 g/mol. The second-order valence-electron chi connectivity index (χ2n) is 5.64. The lowest BCUT2D eigenvalue weighted by Crippen LogP contribution is -2.48. The lowest BCUT2D eigenvalue weighted by molar-refractivity contribution is -0.133. The zero-order valence-corrected chi connectivity index (χ0v) is 15.0. The van der Waals surface area contributed by atoms with E-state index in [-0.39, 0.29) is 0 Å². The quantitative estimate of drug-likeness (QED) is 0.772. The van der Waals surface area contributed by atoms with Gasteiger partial charge >= 0.3 is 6.03 Å². The van der Waals surface area contributed by atoms with Gasteiger partial charge in [0.15, 0.2) is 0 Å². The lowest BCUT2D eigenvalue weighted by Gasteiger charge is -2.25. The van der Waals surface area contributed by atoms with Crippen LogP contribution < -0.4 is 10.7 Å². The van der Waals surface area contributed by atoms with Crippen molar-refractivity contribution in [3.8, 4) is 0 Å². The van der Waals surface area contributed by atoms with Gasteiger partial charge < -0.3 is 5.32 Å². The predicted octanol–water partition coefficient (Wildman–Crippen LogP) is 2.95. The Labute approximate surface area is 153 Å². The van der Waals surface area contributed by atoms with E-state index in [0.29, 0.717) is 17.5 Å². The van der Waals surface area contributed by atoms with Gasteiger partial charge in [-0.25, -0.2) is 4.79 Å². The van der Waals surface area contributed by atoms with Crippen LogP contribution in [0.4, 0.5) is 4.79 Å². The number of halogens is 1. The predicted molar refractivity (Wildman–Crippen MR) is 95.4 cm³/mol. The highest BCUT2D eigenvalue weighted by molar-refractivity contribution is 9.10. The molecule has 0 saturated carbocycles. The Bertz CT molecular complexity index is 823. The van der Waals surface area contributed by atoms with Crippen LogP contribution in [0.15, 0.2) is 59.1 Å². The first kappa shape index (κ1) is 17.2. The molecule has 0 bridgehead atoms. The molecule has 1 atom stereocenters. The van der Waals surface area contributed by atoms with Crippen LogP contribution in [0.5, 0.6) is 0 Å². The van der Waals surface area contributed by atoms with Gasteiger partial charge in [0, 0.05) is 10.0 Å². The molecule has 2 N–H and O–H groups in total. The topological polar surface area (TPSA) is 78.5 Å². The maximum absolute atomic E-state index is 12.9. The molecule has 1 saturated heterocycles. The number of carbonyl (C=O) groups is 3. The summed E-state index contributed by atoms with van der Waals surface area (Å²) >= 11 is 3.29. The molecule has 0 aromatic heterocycles. The van der Waals surface area contributed by atoms with Crippen LogP contribution in [0.2, 0.25) is 0 Å². The molecule has 1 aliphatic heterocycles. The molecule has 6 nitrogen and oxygen atoms in total. The maximum atomic E-state index is 12.9. The van der Waals surface area contributed by atoms with Crippen LogP contribution in [-0.2, 0) is 10.3 Å². The molecule has 1 fully saturated rings. The van der Waals surface area contributed by atoms with Gasteiger partial charge in [-0.05, 0) is 36.2 Å². The fourth-order valence-corrected chi connectivity index (χ4v) is 3.07. The summed E-state index contributed by atoms with van der Waals surface area (Å²) in [6.07, 6.45) is 0.367. The van der Waals surface area contributed by atoms with E-state index in [1.807, 2.05) is 13.0 Å². The minimum absolute atomic E-state index is 0.345. The minimum Gasteiger partial charge on any atom is -0.318 e. The molecule has 0 unspecified atom stereocenters. The third kappa shape index (κ3) is 3.02. The molecule has 2 aromatic rings. The summed E-state index contributed by atoms with van der Waals surface area (Å²) in [5, 5.41) is 3.47. The lowest BCUT2D eigenvalue weighted by atomic mass is 9.87. The van der Waals surface area contributed by atoms with Crippen LogP contribution in [0, 0.1) is 0 Å². The first-order valence-corrected chi connectivity index (χ1v) is 8.56. The number of benzene rings is 2. The molecule has 4 amide bonds. The van der Waals surface area contributed by atoms with E-state index < -0.39 is 23.4 Å². The highest BCUT2D eigenvalue weighted by Crippen LogP contribution is 2.31. The molecule has 128 valence electrons. The Morgan fingerprint density at radius 3 is 2.36 bits per heavy atom. The average Bonchev–Trinajstić information content (AvgIpc) is 2.88. The van der Waals surface area contributed by atoms with E-state index in [1.54, 1.807) is 48.5 Å². The molecule has 2 aromatic carbocycles. The number of nitrogens with zero attached hydrogens (tertiary/aromatic N) is 1. The summed E-state index contributed by atoms with van der Waals surface area (Å²) in [6.45, 7) is 1.81. The third-order valence-corrected chi connectivity index (χ3v) is 4.74. The van der Waals surface area contributed by atoms with Gasteiger partial charge in [-0.1, -0.05) is 53.2 Å². The second-order valence-corrected chi connectivity index (χ2v) is 6.56. The van der Waals surface area contributed by atoms with Crippen molar-refractivity contribution in [2.75, 3.05) is 0 Å². The molecular formula is C18H16BrN3O3. The first-order chi connectivity index (χ1) is 12.0. The highest BCUT2D eigenvalue weighted by Gasteiger charge is 2.52. The van der Waals surface area contributed by atoms with Crippen LogP contribution in [0.3, 0.4) is 0 Å². The number of hydrogen-bond donors (Lipinski definition) is 2. The number of amides is 4. The normalized spacial score (nSPS) is 19.7. The Balaban J connectivity index is 1.86. The number of urea groups is 1. The van der Waals surface area contributed by atoms with E-state index in [0.717, 1.165) is 9.48 Å². The Morgan fingerprint density at radius 1 is 1.12 bits per heavy atom. The number of hydrazine groups is 1. The summed E-state index contributed by atoms with van der Waals surface area (Å²) in [5.74, 6) is -1.03. The van der Waals surface area contributed by atoms with Crippen molar-refractivity contribution in [3.05, 3.63) is 70.2 Å². The standard InChI is InChI=1S/C18H16BrN3O3/c1-2-18(13-6-4-3-5-7-13)16(24)22(17(25)20-18)21-15(23)12-8-10-14(19)11-9-12/h3-11H,2H2,1H3,(H,20,25)(H,21,23)/t18-/m0/s1. The zero-order valence-electron chi connectivity index (χ0n) is 13.5. The molecule has 0 spiro atoms. The van der Waals surface area contributed by atoms with Gasteiger partial charge in [-0.2, -0.15) is 5.01 Å². The van der Waals surface area contributed by atoms with Crippen LogP contribution in [0.1, 0.15) is 29.3 Å². The largest absolute Gasteiger partial charge is 0.344 e. The van der Waals surface area contributed by atoms with Crippen molar-refractivity contribution < 1.29 is 14.4 Å². The monoisotopic (exact) mass is 401 g/mol. The van der Waals surface area contributed by atoms with E-state index >= 15 is 0 Å². The molecule has 0 aliphatic carbocycles. The minimum atomic E-state index is -1.18. The molecule has 7 heteroatoms. The van der Waals surface area contributed by atoms with Gasteiger partial charge in [0.05, 0.1) is 0 Å². The Morgan fingerprint density at radius 2 is 1.76 bits per heavy atom. The Kier molecular flexibility index (Phi) is 4.59. The van der Waals surface area contributed by atoms with Gasteiger partial charge in [0.25, 0.3) is 11.8 Å². The van der Waals surface area contributed by atoms with Crippen molar-refractivity contribution in [2.45, 2.75) is 18.9 Å². The van der Waals surface area contributed by atoms with E-state index in [1.165, 1.54) is 0 Å². The molecule has 3 rings (SSSR count). The first-order valence-electron chi connectivity index (χ1n) is 7.76.